The number of phenols is 2. The zero-order chi connectivity index (χ0) is 14.5. The Balaban J connectivity index is 2.13. The van der Waals surface area contributed by atoms with Gasteiger partial charge in [-0.25, -0.2) is 0 Å². The maximum absolute atomic E-state index is 12.0. The van der Waals surface area contributed by atoms with Crippen molar-refractivity contribution in [1.82, 2.24) is 0 Å². The van der Waals surface area contributed by atoms with Crippen molar-refractivity contribution >= 4 is 11.6 Å². The predicted molar refractivity (Wildman–Crippen MR) is 75.3 cm³/mol. The summed E-state index contributed by atoms with van der Waals surface area (Å²) in [6.07, 6.45) is 0. The van der Waals surface area contributed by atoms with E-state index in [4.69, 9.17) is 4.74 Å². The van der Waals surface area contributed by atoms with Crippen molar-refractivity contribution in [3.63, 3.8) is 0 Å². The molecule has 3 N–H and O–H groups in total. The van der Waals surface area contributed by atoms with E-state index in [2.05, 4.69) is 5.32 Å². The first-order valence-corrected chi connectivity index (χ1v) is 6.17. The second kappa shape index (κ2) is 5.97. The van der Waals surface area contributed by atoms with Crippen LogP contribution in [0.4, 0.5) is 5.69 Å². The van der Waals surface area contributed by atoms with E-state index in [0.717, 1.165) is 0 Å². The summed E-state index contributed by atoms with van der Waals surface area (Å²) in [4.78, 5) is 12.0. The maximum Gasteiger partial charge on any atom is 0.259 e. The molecule has 0 saturated heterocycles. The van der Waals surface area contributed by atoms with Gasteiger partial charge in [0.05, 0.1) is 12.2 Å². The van der Waals surface area contributed by atoms with Gasteiger partial charge in [0.25, 0.3) is 5.91 Å². The molecule has 0 aliphatic carbocycles. The van der Waals surface area contributed by atoms with Crippen LogP contribution in [0, 0.1) is 0 Å². The summed E-state index contributed by atoms with van der Waals surface area (Å²) in [6.45, 7) is 2.46. The Morgan fingerprint density at radius 1 is 1.15 bits per heavy atom. The van der Waals surface area contributed by atoms with E-state index in [1.807, 2.05) is 6.92 Å². The second-order valence-corrected chi connectivity index (χ2v) is 4.08. The third kappa shape index (κ3) is 3.00. The zero-order valence-corrected chi connectivity index (χ0v) is 11.0. The Morgan fingerprint density at radius 3 is 2.50 bits per heavy atom. The molecule has 20 heavy (non-hydrogen) atoms. The highest BCUT2D eigenvalue weighted by molar-refractivity contribution is 6.06. The van der Waals surface area contributed by atoms with Crippen molar-refractivity contribution < 1.29 is 19.7 Å². The number of ether oxygens (including phenoxy) is 1. The highest BCUT2D eigenvalue weighted by Crippen LogP contribution is 2.28. The molecule has 0 atom stereocenters. The Bertz CT molecular complexity index is 608. The van der Waals surface area contributed by atoms with Gasteiger partial charge >= 0.3 is 0 Å². The first-order chi connectivity index (χ1) is 9.61. The van der Waals surface area contributed by atoms with E-state index in [9.17, 15) is 15.0 Å². The lowest BCUT2D eigenvalue weighted by atomic mass is 10.1. The number of carbonyl (C=O) groups is 1. The van der Waals surface area contributed by atoms with Crippen LogP contribution in [0.2, 0.25) is 0 Å². The Morgan fingerprint density at radius 2 is 1.85 bits per heavy atom. The van der Waals surface area contributed by atoms with Gasteiger partial charge in [0.1, 0.15) is 5.75 Å². The van der Waals surface area contributed by atoms with Gasteiger partial charge in [-0.05, 0) is 43.3 Å². The zero-order valence-electron chi connectivity index (χ0n) is 11.0. The molecule has 0 heterocycles. The summed E-state index contributed by atoms with van der Waals surface area (Å²) in [5.74, 6) is -0.548. The number of aromatic hydroxyl groups is 2. The molecule has 2 rings (SSSR count). The number of rotatable bonds is 4. The van der Waals surface area contributed by atoms with Crippen LogP contribution >= 0.6 is 0 Å². The van der Waals surface area contributed by atoms with Crippen molar-refractivity contribution in [2.24, 2.45) is 0 Å². The Kier molecular flexibility index (Phi) is 4.10. The quantitative estimate of drug-likeness (QED) is 0.748. The van der Waals surface area contributed by atoms with Gasteiger partial charge in [-0.2, -0.15) is 0 Å². The van der Waals surface area contributed by atoms with Crippen LogP contribution in [-0.4, -0.2) is 22.7 Å². The van der Waals surface area contributed by atoms with Crippen LogP contribution in [0.3, 0.4) is 0 Å². The molecule has 0 aliphatic rings. The summed E-state index contributed by atoms with van der Waals surface area (Å²) in [7, 11) is 0. The lowest BCUT2D eigenvalue weighted by Gasteiger charge is -2.08. The number of phenolic OH excluding ortho intramolecular Hbond substituents is 2. The molecule has 0 aromatic heterocycles. The van der Waals surface area contributed by atoms with Crippen LogP contribution in [0.5, 0.6) is 17.2 Å². The Labute approximate surface area is 116 Å². The largest absolute Gasteiger partial charge is 0.504 e. The molecular formula is C15H15NO4. The van der Waals surface area contributed by atoms with Gasteiger partial charge in [-0.15, -0.1) is 0 Å². The number of benzene rings is 2. The lowest BCUT2D eigenvalue weighted by molar-refractivity contribution is 0.102. The molecule has 5 heteroatoms. The number of carbonyl (C=O) groups excluding carboxylic acids is 1. The third-order valence-corrected chi connectivity index (χ3v) is 2.68. The maximum atomic E-state index is 12.0. The van der Waals surface area contributed by atoms with E-state index in [0.29, 0.717) is 18.0 Å². The second-order valence-electron chi connectivity index (χ2n) is 4.08. The van der Waals surface area contributed by atoms with Crippen molar-refractivity contribution in [3.05, 3.63) is 48.0 Å². The van der Waals surface area contributed by atoms with Crippen molar-refractivity contribution in [3.8, 4) is 17.2 Å². The van der Waals surface area contributed by atoms with Gasteiger partial charge in [-0.1, -0.05) is 6.07 Å². The summed E-state index contributed by atoms with van der Waals surface area (Å²) < 4.78 is 5.30. The topological polar surface area (TPSA) is 78.8 Å². The highest BCUT2D eigenvalue weighted by atomic mass is 16.5. The number of nitrogens with one attached hydrogen (secondary N) is 1. The normalized spacial score (nSPS) is 10.1. The molecule has 1 amide bonds. The minimum Gasteiger partial charge on any atom is -0.504 e. The first kappa shape index (κ1) is 13.7. The molecule has 0 fully saturated rings. The minimum atomic E-state index is -0.498. The SMILES string of the molecule is CCOc1ccc(NC(=O)c2cccc(O)c2O)cc1. The molecule has 0 saturated carbocycles. The number of amides is 1. The molecular weight excluding hydrogens is 258 g/mol. The number of anilines is 1. The fourth-order valence-corrected chi connectivity index (χ4v) is 1.71. The molecule has 0 bridgehead atoms. The highest BCUT2D eigenvalue weighted by Gasteiger charge is 2.13. The fourth-order valence-electron chi connectivity index (χ4n) is 1.71. The van der Waals surface area contributed by atoms with Gasteiger partial charge < -0.3 is 20.3 Å². The smallest absolute Gasteiger partial charge is 0.259 e. The van der Waals surface area contributed by atoms with Gasteiger partial charge in [0.15, 0.2) is 11.5 Å². The van der Waals surface area contributed by atoms with Crippen LogP contribution in [0.1, 0.15) is 17.3 Å². The lowest BCUT2D eigenvalue weighted by Crippen LogP contribution is -2.12. The molecule has 104 valence electrons. The van der Waals surface area contributed by atoms with E-state index >= 15 is 0 Å². The molecule has 0 unspecified atom stereocenters. The van der Waals surface area contributed by atoms with Gasteiger partial charge in [-0.3, -0.25) is 4.79 Å². The summed E-state index contributed by atoms with van der Waals surface area (Å²) in [5, 5.41) is 21.6. The Hall–Kier alpha value is -2.69. The average Bonchev–Trinajstić information content (AvgIpc) is 2.44. The van der Waals surface area contributed by atoms with E-state index < -0.39 is 11.7 Å². The van der Waals surface area contributed by atoms with Crippen molar-refractivity contribution in [2.75, 3.05) is 11.9 Å². The summed E-state index contributed by atoms with van der Waals surface area (Å²) in [5.41, 5.74) is 0.583. The molecule has 5 nitrogen and oxygen atoms in total. The van der Waals surface area contributed by atoms with Crippen molar-refractivity contribution in [1.29, 1.82) is 0 Å². The standard InChI is InChI=1S/C15H15NO4/c1-2-20-11-8-6-10(7-9-11)16-15(19)12-4-3-5-13(17)14(12)18/h3-9,17-18H,2H2,1H3,(H,16,19). The van der Waals surface area contributed by atoms with Crippen LogP contribution in [0.15, 0.2) is 42.5 Å². The van der Waals surface area contributed by atoms with Gasteiger partial charge in [0.2, 0.25) is 0 Å². The molecule has 2 aromatic rings. The molecule has 0 radical (unpaired) electrons. The molecule has 0 aliphatic heterocycles. The van der Waals surface area contributed by atoms with E-state index in [1.54, 1.807) is 24.3 Å². The summed E-state index contributed by atoms with van der Waals surface area (Å²) in [6, 6.07) is 11.1. The predicted octanol–water partition coefficient (Wildman–Crippen LogP) is 2.75. The number of hydrogen-bond acceptors (Lipinski definition) is 4. The minimum absolute atomic E-state index is 0.0129. The average molecular weight is 273 g/mol. The summed E-state index contributed by atoms with van der Waals surface area (Å²) >= 11 is 0. The van der Waals surface area contributed by atoms with Gasteiger partial charge in [0, 0.05) is 5.69 Å². The molecule has 0 spiro atoms. The first-order valence-electron chi connectivity index (χ1n) is 6.17. The molecule has 2 aromatic carbocycles. The van der Waals surface area contributed by atoms with Crippen molar-refractivity contribution in [2.45, 2.75) is 6.92 Å². The van der Waals surface area contributed by atoms with E-state index in [-0.39, 0.29) is 11.3 Å². The van der Waals surface area contributed by atoms with E-state index in [1.165, 1.54) is 18.2 Å². The fraction of sp³-hybridized carbons (Fsp3) is 0.133. The third-order valence-electron chi connectivity index (χ3n) is 2.68. The number of hydrogen-bond donors (Lipinski definition) is 3. The van der Waals surface area contributed by atoms with Crippen LogP contribution < -0.4 is 10.1 Å². The number of para-hydroxylation sites is 1. The van der Waals surface area contributed by atoms with Crippen LogP contribution in [0.25, 0.3) is 0 Å². The monoisotopic (exact) mass is 273 g/mol. The van der Waals surface area contributed by atoms with Crippen LogP contribution in [-0.2, 0) is 0 Å².